The lowest BCUT2D eigenvalue weighted by Gasteiger charge is -2.31. The summed E-state index contributed by atoms with van der Waals surface area (Å²) in [5.74, 6) is 0.889. The van der Waals surface area contributed by atoms with E-state index < -0.39 is 0 Å². The van der Waals surface area contributed by atoms with Gasteiger partial charge in [-0.25, -0.2) is 4.39 Å². The van der Waals surface area contributed by atoms with Crippen LogP contribution >= 0.6 is 0 Å². The number of halogens is 1. The molecule has 0 aromatic heterocycles. The Morgan fingerprint density at radius 2 is 1.56 bits per heavy atom. The van der Waals surface area contributed by atoms with Gasteiger partial charge >= 0.3 is 0 Å². The fraction of sp³-hybridized carbons (Fsp3) is 0.519. The van der Waals surface area contributed by atoms with Gasteiger partial charge in [0.25, 0.3) is 0 Å². The van der Waals surface area contributed by atoms with E-state index in [1.165, 1.54) is 43.1 Å². The number of nitrogens with zero attached hydrogens (tertiary/aromatic N) is 2. The molecule has 2 heterocycles. The van der Waals surface area contributed by atoms with Crippen molar-refractivity contribution in [3.8, 4) is 0 Å². The number of hydrogen-bond acceptors (Lipinski definition) is 3. The Hall–Kier alpha value is -2.24. The summed E-state index contributed by atoms with van der Waals surface area (Å²) in [5, 5.41) is 3.15. The van der Waals surface area contributed by atoms with Crippen molar-refractivity contribution in [2.75, 3.05) is 26.2 Å². The van der Waals surface area contributed by atoms with Gasteiger partial charge in [-0.2, -0.15) is 0 Å². The molecule has 0 saturated carbocycles. The van der Waals surface area contributed by atoms with Crippen molar-refractivity contribution < 1.29 is 9.18 Å². The third kappa shape index (κ3) is 6.39. The quantitative estimate of drug-likeness (QED) is 0.688. The predicted molar refractivity (Wildman–Crippen MR) is 126 cm³/mol. The fourth-order valence-electron chi connectivity index (χ4n) is 4.87. The molecule has 0 bridgehead atoms. The molecule has 172 valence electrons. The summed E-state index contributed by atoms with van der Waals surface area (Å²) in [5.41, 5.74) is 3.22. The molecule has 0 atom stereocenters. The van der Waals surface area contributed by atoms with Crippen LogP contribution in [-0.2, 0) is 24.4 Å². The monoisotopic (exact) mass is 437 g/mol. The number of nitrogens with one attached hydrogen (secondary N) is 1. The Morgan fingerprint density at radius 1 is 0.906 bits per heavy atom. The van der Waals surface area contributed by atoms with E-state index in [-0.39, 0.29) is 17.6 Å². The van der Waals surface area contributed by atoms with Gasteiger partial charge in [0, 0.05) is 31.1 Å². The van der Waals surface area contributed by atoms with Gasteiger partial charge in [-0.3, -0.25) is 14.6 Å². The summed E-state index contributed by atoms with van der Waals surface area (Å²) in [6.45, 7) is 8.55. The first-order valence-corrected chi connectivity index (χ1v) is 12.1. The highest BCUT2D eigenvalue weighted by Gasteiger charge is 2.25. The van der Waals surface area contributed by atoms with E-state index in [4.69, 9.17) is 0 Å². The molecule has 2 fully saturated rings. The summed E-state index contributed by atoms with van der Waals surface area (Å²) in [4.78, 5) is 17.5. The minimum atomic E-state index is -0.149. The van der Waals surface area contributed by atoms with Crippen LogP contribution in [-0.4, -0.2) is 41.9 Å². The molecule has 2 aromatic rings. The molecule has 1 N–H and O–H groups in total. The third-order valence-corrected chi connectivity index (χ3v) is 7.05. The maximum absolute atomic E-state index is 13.9. The van der Waals surface area contributed by atoms with Crippen LogP contribution in [0.3, 0.4) is 0 Å². The molecule has 2 aromatic carbocycles. The average molecular weight is 438 g/mol. The lowest BCUT2D eigenvalue weighted by Crippen LogP contribution is -2.40. The highest BCUT2D eigenvalue weighted by molar-refractivity contribution is 5.78. The Morgan fingerprint density at radius 3 is 2.31 bits per heavy atom. The minimum Gasteiger partial charge on any atom is -0.352 e. The van der Waals surface area contributed by atoms with E-state index in [1.54, 1.807) is 6.07 Å². The summed E-state index contributed by atoms with van der Waals surface area (Å²) >= 11 is 0. The van der Waals surface area contributed by atoms with Crippen molar-refractivity contribution in [1.82, 2.24) is 15.1 Å². The SMILES string of the molecule is CC1CCN(Cc2cccc(CNC(=O)C3CCN(Cc4ccccc4F)CC3)c2)CC1. The van der Waals surface area contributed by atoms with Crippen LogP contribution in [0, 0.1) is 17.7 Å². The number of likely N-dealkylation sites (tertiary alicyclic amines) is 2. The Bertz CT molecular complexity index is 886. The molecular weight excluding hydrogens is 401 g/mol. The predicted octanol–water partition coefficient (Wildman–Crippen LogP) is 4.59. The van der Waals surface area contributed by atoms with Crippen molar-refractivity contribution in [2.45, 2.75) is 52.2 Å². The van der Waals surface area contributed by atoms with Gasteiger partial charge in [0.1, 0.15) is 5.82 Å². The molecule has 4 rings (SSSR count). The Labute approximate surface area is 191 Å². The number of hydrogen-bond donors (Lipinski definition) is 1. The Balaban J connectivity index is 1.21. The van der Waals surface area contributed by atoms with Gasteiger partial charge in [-0.1, -0.05) is 49.4 Å². The fourth-order valence-corrected chi connectivity index (χ4v) is 4.87. The van der Waals surface area contributed by atoms with E-state index >= 15 is 0 Å². The van der Waals surface area contributed by atoms with Crippen LogP contribution in [0.5, 0.6) is 0 Å². The molecule has 4 nitrogen and oxygen atoms in total. The summed E-state index contributed by atoms with van der Waals surface area (Å²) < 4.78 is 13.9. The van der Waals surface area contributed by atoms with Crippen molar-refractivity contribution in [3.63, 3.8) is 0 Å². The van der Waals surface area contributed by atoms with E-state index in [2.05, 4.69) is 46.3 Å². The lowest BCUT2D eigenvalue weighted by atomic mass is 9.95. The molecule has 0 unspecified atom stereocenters. The molecular formula is C27H36FN3O. The molecule has 32 heavy (non-hydrogen) atoms. The largest absolute Gasteiger partial charge is 0.352 e. The van der Waals surface area contributed by atoms with Gasteiger partial charge in [-0.05, 0) is 75.0 Å². The molecule has 0 aliphatic carbocycles. The number of benzene rings is 2. The number of piperidine rings is 2. The number of carbonyl (C=O) groups excluding carboxylic acids is 1. The second kappa shape index (κ2) is 11.1. The van der Waals surface area contributed by atoms with Gasteiger partial charge < -0.3 is 5.32 Å². The van der Waals surface area contributed by atoms with Crippen LogP contribution in [0.2, 0.25) is 0 Å². The Kier molecular flexibility index (Phi) is 7.93. The summed E-state index contributed by atoms with van der Waals surface area (Å²) in [6.07, 6.45) is 4.23. The maximum Gasteiger partial charge on any atom is 0.223 e. The number of carbonyl (C=O) groups is 1. The topological polar surface area (TPSA) is 35.6 Å². The van der Waals surface area contributed by atoms with Gasteiger partial charge in [0.15, 0.2) is 0 Å². The van der Waals surface area contributed by atoms with Gasteiger partial charge in [0.05, 0.1) is 0 Å². The summed E-state index contributed by atoms with van der Waals surface area (Å²) in [6, 6.07) is 15.6. The minimum absolute atomic E-state index is 0.0467. The first-order valence-electron chi connectivity index (χ1n) is 12.1. The first kappa shape index (κ1) is 22.9. The highest BCUT2D eigenvalue weighted by atomic mass is 19.1. The average Bonchev–Trinajstić information content (AvgIpc) is 2.81. The van der Waals surface area contributed by atoms with Crippen LogP contribution in [0.25, 0.3) is 0 Å². The van der Waals surface area contributed by atoms with Gasteiger partial charge in [0.2, 0.25) is 5.91 Å². The lowest BCUT2D eigenvalue weighted by molar-refractivity contribution is -0.126. The van der Waals surface area contributed by atoms with E-state index in [1.807, 2.05) is 12.1 Å². The second-order valence-electron chi connectivity index (χ2n) is 9.64. The standard InChI is InChI=1S/C27H36FN3O/c1-21-9-13-30(14-10-21)19-23-6-4-5-22(17-23)18-29-27(32)24-11-15-31(16-12-24)20-25-7-2-3-8-26(25)28/h2-8,17,21,24H,9-16,18-20H2,1H3,(H,29,32). The second-order valence-corrected chi connectivity index (χ2v) is 9.64. The van der Waals surface area contributed by atoms with Crippen molar-refractivity contribution in [3.05, 3.63) is 71.0 Å². The molecule has 1 amide bonds. The number of rotatable bonds is 7. The van der Waals surface area contributed by atoms with Crippen LogP contribution in [0.4, 0.5) is 4.39 Å². The van der Waals surface area contributed by atoms with Crippen molar-refractivity contribution in [1.29, 1.82) is 0 Å². The first-order chi connectivity index (χ1) is 15.6. The van der Waals surface area contributed by atoms with E-state index in [0.29, 0.717) is 13.1 Å². The zero-order chi connectivity index (χ0) is 22.3. The number of amides is 1. The molecule has 2 saturated heterocycles. The van der Waals surface area contributed by atoms with Crippen LogP contribution in [0.15, 0.2) is 48.5 Å². The zero-order valence-corrected chi connectivity index (χ0v) is 19.2. The normalized spacial score (nSPS) is 19.2. The van der Waals surface area contributed by atoms with E-state index in [9.17, 15) is 9.18 Å². The molecule has 0 radical (unpaired) electrons. The maximum atomic E-state index is 13.9. The highest BCUT2D eigenvalue weighted by Crippen LogP contribution is 2.21. The summed E-state index contributed by atoms with van der Waals surface area (Å²) in [7, 11) is 0. The zero-order valence-electron chi connectivity index (χ0n) is 19.2. The molecule has 2 aliphatic rings. The van der Waals surface area contributed by atoms with Crippen molar-refractivity contribution in [2.24, 2.45) is 11.8 Å². The third-order valence-electron chi connectivity index (χ3n) is 7.05. The molecule has 5 heteroatoms. The van der Waals surface area contributed by atoms with Crippen LogP contribution < -0.4 is 5.32 Å². The van der Waals surface area contributed by atoms with Crippen LogP contribution in [0.1, 0.15) is 49.3 Å². The van der Waals surface area contributed by atoms with E-state index in [0.717, 1.165) is 44.0 Å². The van der Waals surface area contributed by atoms with Crippen molar-refractivity contribution >= 4 is 5.91 Å². The van der Waals surface area contributed by atoms with Gasteiger partial charge in [-0.15, -0.1) is 0 Å². The molecule has 2 aliphatic heterocycles. The molecule has 0 spiro atoms. The smallest absolute Gasteiger partial charge is 0.223 e.